The molecule has 1 aliphatic rings. The van der Waals surface area contributed by atoms with Gasteiger partial charge in [-0.25, -0.2) is 4.98 Å². The summed E-state index contributed by atoms with van der Waals surface area (Å²) in [5.41, 5.74) is 1.17. The van der Waals surface area contributed by atoms with Gasteiger partial charge in [0.1, 0.15) is 0 Å². The van der Waals surface area contributed by atoms with Gasteiger partial charge in [-0.15, -0.1) is 35.3 Å². The van der Waals surface area contributed by atoms with Crippen molar-refractivity contribution in [2.24, 2.45) is 4.99 Å². The summed E-state index contributed by atoms with van der Waals surface area (Å²) in [4.78, 5) is 8.76. The van der Waals surface area contributed by atoms with Crippen LogP contribution in [0.1, 0.15) is 42.8 Å². The van der Waals surface area contributed by atoms with Crippen molar-refractivity contribution in [3.63, 3.8) is 0 Å². The number of aromatic nitrogens is 1. The maximum absolute atomic E-state index is 4.47. The van der Waals surface area contributed by atoms with E-state index in [1.165, 1.54) is 37.8 Å². The van der Waals surface area contributed by atoms with E-state index in [1.54, 1.807) is 11.3 Å². The number of thiazole rings is 1. The van der Waals surface area contributed by atoms with Crippen molar-refractivity contribution < 1.29 is 0 Å². The Bertz CT molecular complexity index is 413. The second-order valence-electron chi connectivity index (χ2n) is 5.09. The molecule has 1 aromatic rings. The molecule has 0 amide bonds. The average Bonchev–Trinajstić information content (AvgIpc) is 2.84. The van der Waals surface area contributed by atoms with Crippen molar-refractivity contribution in [3.05, 3.63) is 16.1 Å². The molecule has 0 aromatic carbocycles. The number of halogens is 1. The minimum Gasteiger partial charge on any atom is -0.356 e. The molecule has 0 radical (unpaired) electrons. The molecular weight excluding hydrogens is 383 g/mol. The lowest BCUT2D eigenvalue weighted by atomic mass is 9.96. The van der Waals surface area contributed by atoms with Crippen molar-refractivity contribution >= 4 is 41.3 Å². The molecule has 6 heteroatoms. The van der Waals surface area contributed by atoms with Crippen LogP contribution in [0.2, 0.25) is 0 Å². The zero-order valence-electron chi connectivity index (χ0n) is 12.3. The Morgan fingerprint density at radius 3 is 2.75 bits per heavy atom. The lowest BCUT2D eigenvalue weighted by Crippen LogP contribution is -2.44. The van der Waals surface area contributed by atoms with Gasteiger partial charge in [0.05, 0.1) is 10.7 Å². The molecule has 0 unspecified atom stereocenters. The molecule has 4 nitrogen and oxygen atoms in total. The summed E-state index contributed by atoms with van der Waals surface area (Å²) >= 11 is 1.71. The standard InChI is InChI=1S/C14H24N4S.HI/c1-11-17-13(10-19-11)8-9-16-14(15-2)18-12-6-4-3-5-7-12;/h10,12H,3-9H2,1-2H3,(H2,15,16,18);1H. The fourth-order valence-electron chi connectivity index (χ4n) is 2.47. The minimum absolute atomic E-state index is 0. The smallest absolute Gasteiger partial charge is 0.191 e. The first-order valence-corrected chi connectivity index (χ1v) is 8.04. The van der Waals surface area contributed by atoms with E-state index in [-0.39, 0.29) is 24.0 Å². The Balaban J connectivity index is 0.00000200. The lowest BCUT2D eigenvalue weighted by molar-refractivity contribution is 0.410. The number of aryl methyl sites for hydroxylation is 1. The minimum atomic E-state index is 0. The average molecular weight is 408 g/mol. The highest BCUT2D eigenvalue weighted by Gasteiger charge is 2.14. The first-order valence-electron chi connectivity index (χ1n) is 7.16. The molecule has 0 saturated heterocycles. The summed E-state index contributed by atoms with van der Waals surface area (Å²) in [6.45, 7) is 2.93. The Morgan fingerprint density at radius 2 is 2.15 bits per heavy atom. The van der Waals surface area contributed by atoms with E-state index >= 15 is 0 Å². The van der Waals surface area contributed by atoms with Crippen LogP contribution < -0.4 is 10.6 Å². The van der Waals surface area contributed by atoms with Crippen molar-refractivity contribution in [2.75, 3.05) is 13.6 Å². The van der Waals surface area contributed by atoms with Crippen LogP contribution >= 0.6 is 35.3 Å². The summed E-state index contributed by atoms with van der Waals surface area (Å²) in [6.07, 6.45) is 7.56. The molecule has 0 aliphatic heterocycles. The van der Waals surface area contributed by atoms with Crippen LogP contribution in [0, 0.1) is 6.92 Å². The molecule has 1 saturated carbocycles. The second-order valence-corrected chi connectivity index (χ2v) is 6.15. The lowest BCUT2D eigenvalue weighted by Gasteiger charge is -2.24. The van der Waals surface area contributed by atoms with Crippen molar-refractivity contribution in [3.8, 4) is 0 Å². The van der Waals surface area contributed by atoms with Crippen molar-refractivity contribution in [2.45, 2.75) is 51.5 Å². The summed E-state index contributed by atoms with van der Waals surface area (Å²) in [5, 5.41) is 10.2. The number of guanidine groups is 1. The van der Waals surface area contributed by atoms with Crippen LogP contribution in [-0.4, -0.2) is 30.6 Å². The van der Waals surface area contributed by atoms with Crippen LogP contribution in [0.5, 0.6) is 0 Å². The predicted molar refractivity (Wildman–Crippen MR) is 97.3 cm³/mol. The molecule has 0 spiro atoms. The molecule has 1 aromatic heterocycles. The molecule has 114 valence electrons. The van der Waals surface area contributed by atoms with E-state index in [1.807, 2.05) is 14.0 Å². The molecule has 20 heavy (non-hydrogen) atoms. The third kappa shape index (κ3) is 5.95. The Labute approximate surface area is 142 Å². The number of rotatable bonds is 4. The third-order valence-corrected chi connectivity index (χ3v) is 4.33. The first kappa shape index (κ1) is 17.7. The molecule has 0 bridgehead atoms. The van der Waals surface area contributed by atoms with Crippen molar-refractivity contribution in [1.82, 2.24) is 15.6 Å². The second kappa shape index (κ2) is 9.55. The predicted octanol–water partition coefficient (Wildman–Crippen LogP) is 3.11. The largest absolute Gasteiger partial charge is 0.356 e. The van der Waals surface area contributed by atoms with Gasteiger partial charge in [-0.2, -0.15) is 0 Å². The molecule has 1 fully saturated rings. The number of hydrogen-bond acceptors (Lipinski definition) is 3. The summed E-state index contributed by atoms with van der Waals surface area (Å²) < 4.78 is 0. The van der Waals surface area contributed by atoms with Gasteiger partial charge in [0.2, 0.25) is 0 Å². The highest BCUT2D eigenvalue weighted by Crippen LogP contribution is 2.17. The Morgan fingerprint density at radius 1 is 1.40 bits per heavy atom. The molecule has 0 atom stereocenters. The Kier molecular flexibility index (Phi) is 8.44. The highest BCUT2D eigenvalue weighted by atomic mass is 127. The maximum Gasteiger partial charge on any atom is 0.191 e. The normalized spacial score (nSPS) is 16.6. The quantitative estimate of drug-likeness (QED) is 0.457. The molecule has 1 heterocycles. The topological polar surface area (TPSA) is 49.3 Å². The zero-order valence-corrected chi connectivity index (χ0v) is 15.5. The van der Waals surface area contributed by atoms with E-state index < -0.39 is 0 Å². The number of aliphatic imine (C=N–C) groups is 1. The van der Waals surface area contributed by atoms with Gasteiger partial charge >= 0.3 is 0 Å². The van der Waals surface area contributed by atoms with Gasteiger partial charge in [0, 0.05) is 31.4 Å². The van der Waals surface area contributed by atoms with E-state index in [0.29, 0.717) is 6.04 Å². The fourth-order valence-corrected chi connectivity index (χ4v) is 3.11. The SMILES string of the molecule is CN=C(NCCc1csc(C)n1)NC1CCCCC1.I. The molecule has 2 N–H and O–H groups in total. The summed E-state index contributed by atoms with van der Waals surface area (Å²) in [6, 6.07) is 0.599. The Hall–Kier alpha value is -0.370. The first-order chi connectivity index (χ1) is 9.28. The van der Waals surface area contributed by atoms with Gasteiger partial charge in [-0.1, -0.05) is 19.3 Å². The van der Waals surface area contributed by atoms with Gasteiger partial charge in [-0.05, 0) is 19.8 Å². The maximum atomic E-state index is 4.47. The van der Waals surface area contributed by atoms with E-state index in [9.17, 15) is 0 Å². The van der Waals surface area contributed by atoms with Crippen LogP contribution in [-0.2, 0) is 6.42 Å². The zero-order chi connectivity index (χ0) is 13.5. The van der Waals surface area contributed by atoms with Gasteiger partial charge in [0.25, 0.3) is 0 Å². The van der Waals surface area contributed by atoms with E-state index in [2.05, 4.69) is 26.0 Å². The monoisotopic (exact) mass is 408 g/mol. The molecular formula is C14H25IN4S. The van der Waals surface area contributed by atoms with Gasteiger partial charge < -0.3 is 10.6 Å². The van der Waals surface area contributed by atoms with E-state index in [4.69, 9.17) is 0 Å². The van der Waals surface area contributed by atoms with Gasteiger partial charge in [-0.3, -0.25) is 4.99 Å². The number of nitrogens with zero attached hydrogens (tertiary/aromatic N) is 2. The highest BCUT2D eigenvalue weighted by molar-refractivity contribution is 14.0. The number of hydrogen-bond donors (Lipinski definition) is 2. The third-order valence-electron chi connectivity index (χ3n) is 3.51. The van der Waals surface area contributed by atoms with Crippen LogP contribution in [0.3, 0.4) is 0 Å². The molecule has 2 rings (SSSR count). The van der Waals surface area contributed by atoms with Gasteiger partial charge in [0.15, 0.2) is 5.96 Å². The fraction of sp³-hybridized carbons (Fsp3) is 0.714. The number of nitrogens with one attached hydrogen (secondary N) is 2. The summed E-state index contributed by atoms with van der Waals surface area (Å²) in [5.74, 6) is 0.929. The van der Waals surface area contributed by atoms with Crippen molar-refractivity contribution in [1.29, 1.82) is 0 Å². The van der Waals surface area contributed by atoms with E-state index in [0.717, 1.165) is 23.9 Å². The van der Waals surface area contributed by atoms with Crippen LogP contribution in [0.25, 0.3) is 0 Å². The van der Waals surface area contributed by atoms with Crippen LogP contribution in [0.4, 0.5) is 0 Å². The summed E-state index contributed by atoms with van der Waals surface area (Å²) in [7, 11) is 1.84. The van der Waals surface area contributed by atoms with Crippen LogP contribution in [0.15, 0.2) is 10.4 Å². The molecule has 1 aliphatic carbocycles.